The van der Waals surface area contributed by atoms with Crippen LogP contribution >= 0.6 is 0 Å². The highest BCUT2D eigenvalue weighted by Crippen LogP contribution is 2.26. The zero-order chi connectivity index (χ0) is 25.8. The van der Waals surface area contributed by atoms with Gasteiger partial charge >= 0.3 is 17.9 Å². The van der Waals surface area contributed by atoms with Crippen LogP contribution in [0.5, 0.6) is 5.75 Å². The molecule has 9 heteroatoms. The summed E-state index contributed by atoms with van der Waals surface area (Å²) >= 11 is 0. The van der Waals surface area contributed by atoms with Gasteiger partial charge in [0.1, 0.15) is 11.2 Å². The van der Waals surface area contributed by atoms with Crippen LogP contribution in [0.4, 0.5) is 0 Å². The van der Waals surface area contributed by atoms with Crippen molar-refractivity contribution in [2.45, 2.75) is 39.0 Å². The summed E-state index contributed by atoms with van der Waals surface area (Å²) in [5.74, 6) is -1.67. The molecular weight excluding hydrogens is 456 g/mol. The number of carbonyl (C=O) groups excluding carboxylic acids is 3. The lowest BCUT2D eigenvalue weighted by atomic mass is 9.87. The molecule has 0 bridgehead atoms. The number of ether oxygens (including phenoxy) is 4. The fourth-order valence-electron chi connectivity index (χ4n) is 3.33. The Morgan fingerprint density at radius 3 is 2.17 bits per heavy atom. The van der Waals surface area contributed by atoms with Crippen molar-refractivity contribution in [1.82, 2.24) is 0 Å². The van der Waals surface area contributed by atoms with Crippen molar-refractivity contribution >= 4 is 28.7 Å². The summed E-state index contributed by atoms with van der Waals surface area (Å²) < 4.78 is 20.5. The summed E-state index contributed by atoms with van der Waals surface area (Å²) in [5, 5.41) is 20.6. The predicted molar refractivity (Wildman–Crippen MR) is 128 cm³/mol. The summed E-state index contributed by atoms with van der Waals surface area (Å²) in [6, 6.07) is 11.3. The molecule has 1 atom stereocenters. The third-order valence-electron chi connectivity index (χ3n) is 6.01. The molecule has 0 aromatic heterocycles. The first kappa shape index (κ1) is 28.1. The van der Waals surface area contributed by atoms with Gasteiger partial charge < -0.3 is 29.2 Å². The van der Waals surface area contributed by atoms with Gasteiger partial charge in [-0.25, -0.2) is 4.79 Å². The predicted octanol–water partition coefficient (Wildman–Crippen LogP) is 2.74. The molecule has 2 aromatic rings. The van der Waals surface area contributed by atoms with Gasteiger partial charge in [0.05, 0.1) is 39.5 Å². The van der Waals surface area contributed by atoms with Crippen LogP contribution < -0.4 is 4.74 Å². The molecule has 0 aliphatic carbocycles. The lowest BCUT2D eigenvalue weighted by molar-refractivity contribution is -0.162. The summed E-state index contributed by atoms with van der Waals surface area (Å²) in [4.78, 5) is 36.3. The number of unbranched alkanes of at least 4 members (excludes halogenated alkanes) is 1. The number of aliphatic hydroxyl groups is 2. The third-order valence-corrected chi connectivity index (χ3v) is 6.01. The maximum Gasteiger partial charge on any atom is 0.344 e. The number of aliphatic hydroxyl groups excluding tert-OH is 2. The Kier molecular flexibility index (Phi) is 10.9. The Hall–Kier alpha value is -3.17. The van der Waals surface area contributed by atoms with Gasteiger partial charge in [0.15, 0.2) is 6.61 Å². The number of hydrogen-bond acceptors (Lipinski definition) is 9. The standard InChI is InChI=1S/C26H34O9/c1-4-26(16-27,17-28)25(31)34-12-6-5-11-33-23(29)15-35-24(30)18(2)19-7-8-21-14-22(32-3)10-9-20(21)13-19/h7-10,13-14,18,27-28H,4-6,11-12,15-17H2,1-3H3. The largest absolute Gasteiger partial charge is 0.497 e. The molecule has 0 radical (unpaired) electrons. The van der Waals surface area contributed by atoms with E-state index < -0.39 is 49.1 Å². The van der Waals surface area contributed by atoms with Gasteiger partial charge in [-0.1, -0.05) is 31.2 Å². The second-order valence-corrected chi connectivity index (χ2v) is 8.32. The maximum atomic E-state index is 12.4. The first-order valence-corrected chi connectivity index (χ1v) is 11.6. The summed E-state index contributed by atoms with van der Waals surface area (Å²) in [6.45, 7) is 2.06. The van der Waals surface area contributed by atoms with E-state index in [9.17, 15) is 24.6 Å². The normalized spacial score (nSPS) is 12.1. The Morgan fingerprint density at radius 1 is 0.914 bits per heavy atom. The SMILES string of the molecule is CCC(CO)(CO)C(=O)OCCCCOC(=O)COC(=O)C(C)c1ccc2cc(OC)ccc2c1. The Bertz CT molecular complexity index is 989. The monoisotopic (exact) mass is 490 g/mol. The smallest absolute Gasteiger partial charge is 0.344 e. The number of carbonyl (C=O) groups is 3. The van der Waals surface area contributed by atoms with Crippen molar-refractivity contribution in [2.24, 2.45) is 5.41 Å². The number of rotatable bonds is 14. The summed E-state index contributed by atoms with van der Waals surface area (Å²) in [6.07, 6.45) is 1.12. The Labute approximate surface area is 204 Å². The van der Waals surface area contributed by atoms with E-state index in [1.165, 1.54) is 0 Å². The molecule has 0 aliphatic rings. The molecule has 0 spiro atoms. The number of benzene rings is 2. The van der Waals surface area contributed by atoms with E-state index in [1.54, 1.807) is 21.0 Å². The fraction of sp³-hybridized carbons (Fsp3) is 0.500. The minimum absolute atomic E-state index is 0.0726. The van der Waals surface area contributed by atoms with Crippen LogP contribution in [-0.4, -0.2) is 68.3 Å². The molecule has 2 N–H and O–H groups in total. The topological polar surface area (TPSA) is 129 Å². The van der Waals surface area contributed by atoms with E-state index in [-0.39, 0.29) is 19.6 Å². The van der Waals surface area contributed by atoms with Crippen LogP contribution in [0.1, 0.15) is 44.6 Å². The van der Waals surface area contributed by atoms with E-state index >= 15 is 0 Å². The highest BCUT2D eigenvalue weighted by molar-refractivity contribution is 5.87. The van der Waals surface area contributed by atoms with Gasteiger partial charge in [0.2, 0.25) is 0 Å². The second kappa shape index (κ2) is 13.7. The highest BCUT2D eigenvalue weighted by Gasteiger charge is 2.37. The molecule has 0 fully saturated rings. The van der Waals surface area contributed by atoms with Gasteiger partial charge in [-0.2, -0.15) is 0 Å². The first-order chi connectivity index (χ1) is 16.8. The summed E-state index contributed by atoms with van der Waals surface area (Å²) in [7, 11) is 1.60. The van der Waals surface area contributed by atoms with Crippen LogP contribution in [0, 0.1) is 5.41 Å². The molecule has 1 unspecified atom stereocenters. The third kappa shape index (κ3) is 7.66. The molecule has 0 saturated heterocycles. The average Bonchev–Trinajstić information content (AvgIpc) is 2.89. The van der Waals surface area contributed by atoms with Crippen LogP contribution in [0.2, 0.25) is 0 Å². The number of fused-ring (bicyclic) bond motifs is 1. The van der Waals surface area contributed by atoms with E-state index in [1.807, 2.05) is 36.4 Å². The van der Waals surface area contributed by atoms with Crippen molar-refractivity contribution in [3.8, 4) is 5.75 Å². The number of methoxy groups -OCH3 is 1. The van der Waals surface area contributed by atoms with E-state index in [2.05, 4.69) is 0 Å². The Morgan fingerprint density at radius 2 is 1.54 bits per heavy atom. The number of esters is 3. The van der Waals surface area contributed by atoms with Crippen molar-refractivity contribution < 1.29 is 43.5 Å². The zero-order valence-corrected chi connectivity index (χ0v) is 20.5. The van der Waals surface area contributed by atoms with Gasteiger partial charge in [-0.15, -0.1) is 0 Å². The van der Waals surface area contributed by atoms with Crippen molar-refractivity contribution in [2.75, 3.05) is 40.1 Å². The molecule has 35 heavy (non-hydrogen) atoms. The van der Waals surface area contributed by atoms with Gasteiger partial charge in [0, 0.05) is 0 Å². The molecule has 2 aromatic carbocycles. The summed E-state index contributed by atoms with van der Waals surface area (Å²) in [5.41, 5.74) is -0.529. The molecule has 0 saturated carbocycles. The van der Waals surface area contributed by atoms with Crippen LogP contribution in [0.3, 0.4) is 0 Å². The molecule has 9 nitrogen and oxygen atoms in total. The molecule has 192 valence electrons. The van der Waals surface area contributed by atoms with Crippen molar-refractivity contribution in [1.29, 1.82) is 0 Å². The van der Waals surface area contributed by atoms with Crippen molar-refractivity contribution in [3.05, 3.63) is 42.0 Å². The van der Waals surface area contributed by atoms with E-state index in [0.29, 0.717) is 12.8 Å². The molecule has 0 aliphatic heterocycles. The molecule has 2 rings (SSSR count). The van der Waals surface area contributed by atoms with Crippen molar-refractivity contribution in [3.63, 3.8) is 0 Å². The average molecular weight is 491 g/mol. The minimum Gasteiger partial charge on any atom is -0.497 e. The zero-order valence-electron chi connectivity index (χ0n) is 20.5. The lowest BCUT2D eigenvalue weighted by Gasteiger charge is -2.25. The van der Waals surface area contributed by atoms with Gasteiger partial charge in [0.25, 0.3) is 0 Å². The number of hydrogen-bond donors (Lipinski definition) is 2. The second-order valence-electron chi connectivity index (χ2n) is 8.32. The van der Waals surface area contributed by atoms with Gasteiger partial charge in [-0.05, 0) is 54.7 Å². The van der Waals surface area contributed by atoms with Gasteiger partial charge in [-0.3, -0.25) is 9.59 Å². The minimum atomic E-state index is -1.30. The fourth-order valence-corrected chi connectivity index (χ4v) is 3.33. The van der Waals surface area contributed by atoms with Crippen LogP contribution in [0.25, 0.3) is 10.8 Å². The van der Waals surface area contributed by atoms with Crippen LogP contribution in [-0.2, 0) is 28.6 Å². The first-order valence-electron chi connectivity index (χ1n) is 11.6. The highest BCUT2D eigenvalue weighted by atomic mass is 16.6. The maximum absolute atomic E-state index is 12.4. The molecular formula is C26H34O9. The molecule has 0 heterocycles. The quantitative estimate of drug-likeness (QED) is 0.233. The molecule has 0 amide bonds. The van der Waals surface area contributed by atoms with E-state index in [0.717, 1.165) is 22.1 Å². The Balaban J connectivity index is 1.69. The lowest BCUT2D eigenvalue weighted by Crippen LogP contribution is -2.39. The van der Waals surface area contributed by atoms with E-state index in [4.69, 9.17) is 18.9 Å². The van der Waals surface area contributed by atoms with Crippen LogP contribution in [0.15, 0.2) is 36.4 Å².